The molecule has 0 aliphatic heterocycles. The molecule has 0 spiro atoms. The summed E-state index contributed by atoms with van der Waals surface area (Å²) in [6.07, 6.45) is 1.83. The molecule has 0 aliphatic rings. The van der Waals surface area contributed by atoms with Gasteiger partial charge in [0.2, 0.25) is 0 Å². The molecule has 0 fully saturated rings. The van der Waals surface area contributed by atoms with Crippen molar-refractivity contribution in [2.24, 2.45) is 0 Å². The maximum atomic E-state index is 8.78. The summed E-state index contributed by atoms with van der Waals surface area (Å²) in [6.45, 7) is 1.96. The van der Waals surface area contributed by atoms with Crippen LogP contribution in [0.2, 0.25) is 0 Å². The van der Waals surface area contributed by atoms with Crippen molar-refractivity contribution in [2.45, 2.75) is 19.6 Å². The van der Waals surface area contributed by atoms with Crippen molar-refractivity contribution >= 4 is 0 Å². The average Bonchev–Trinajstić information content (AvgIpc) is 2.88. The number of hydrogen-bond acceptors (Lipinski definition) is 5. The SMILES string of the molecule is COc1ccc(CNCc2cn(CCO)nn2)cc1. The molecule has 2 rings (SSSR count). The van der Waals surface area contributed by atoms with Crippen LogP contribution in [0.15, 0.2) is 30.5 Å². The van der Waals surface area contributed by atoms with E-state index in [4.69, 9.17) is 9.84 Å². The Balaban J connectivity index is 1.78. The lowest BCUT2D eigenvalue weighted by molar-refractivity contribution is 0.268. The van der Waals surface area contributed by atoms with Crippen molar-refractivity contribution in [3.8, 4) is 5.75 Å². The van der Waals surface area contributed by atoms with Crippen LogP contribution in [0, 0.1) is 0 Å². The summed E-state index contributed by atoms with van der Waals surface area (Å²) >= 11 is 0. The van der Waals surface area contributed by atoms with Crippen LogP contribution in [-0.2, 0) is 19.6 Å². The van der Waals surface area contributed by atoms with E-state index in [-0.39, 0.29) is 6.61 Å². The van der Waals surface area contributed by atoms with Crippen LogP contribution in [0.3, 0.4) is 0 Å². The number of aromatic nitrogens is 3. The van der Waals surface area contributed by atoms with E-state index in [2.05, 4.69) is 15.6 Å². The van der Waals surface area contributed by atoms with E-state index in [1.807, 2.05) is 30.5 Å². The molecule has 0 saturated carbocycles. The Hall–Kier alpha value is -1.92. The van der Waals surface area contributed by atoms with E-state index in [9.17, 15) is 0 Å². The van der Waals surface area contributed by atoms with Crippen LogP contribution in [0.25, 0.3) is 0 Å². The number of benzene rings is 1. The van der Waals surface area contributed by atoms with E-state index in [1.54, 1.807) is 11.8 Å². The quantitative estimate of drug-likeness (QED) is 0.763. The van der Waals surface area contributed by atoms with Crippen LogP contribution in [0.5, 0.6) is 5.75 Å². The molecule has 0 unspecified atom stereocenters. The summed E-state index contributed by atoms with van der Waals surface area (Å²) in [6, 6.07) is 7.92. The summed E-state index contributed by atoms with van der Waals surface area (Å²) < 4.78 is 6.74. The zero-order valence-corrected chi connectivity index (χ0v) is 10.9. The standard InChI is InChI=1S/C13H18N4O2/c1-19-13-4-2-11(3-5-13)8-14-9-12-10-17(6-7-18)16-15-12/h2-5,10,14,18H,6-9H2,1H3. The summed E-state index contributed by atoms with van der Waals surface area (Å²) in [7, 11) is 1.66. The number of aliphatic hydroxyl groups excluding tert-OH is 1. The highest BCUT2D eigenvalue weighted by atomic mass is 16.5. The molecular formula is C13H18N4O2. The van der Waals surface area contributed by atoms with Gasteiger partial charge in [-0.15, -0.1) is 5.10 Å². The molecule has 102 valence electrons. The number of methoxy groups -OCH3 is 1. The zero-order valence-electron chi connectivity index (χ0n) is 10.9. The Morgan fingerprint density at radius 3 is 2.74 bits per heavy atom. The number of nitrogens with zero attached hydrogens (tertiary/aromatic N) is 3. The predicted octanol–water partition coefficient (Wildman–Crippen LogP) is 0.569. The minimum Gasteiger partial charge on any atom is -0.497 e. The van der Waals surface area contributed by atoms with Crippen molar-refractivity contribution in [1.82, 2.24) is 20.3 Å². The lowest BCUT2D eigenvalue weighted by Gasteiger charge is -2.04. The Morgan fingerprint density at radius 1 is 1.26 bits per heavy atom. The molecule has 0 radical (unpaired) electrons. The largest absolute Gasteiger partial charge is 0.497 e. The topological polar surface area (TPSA) is 72.2 Å². The van der Waals surface area contributed by atoms with Crippen molar-refractivity contribution < 1.29 is 9.84 Å². The maximum Gasteiger partial charge on any atom is 0.118 e. The van der Waals surface area contributed by atoms with Gasteiger partial charge in [-0.25, -0.2) is 4.68 Å². The second kappa shape index (κ2) is 6.86. The second-order valence-corrected chi connectivity index (χ2v) is 4.15. The van der Waals surface area contributed by atoms with Crippen LogP contribution in [0.4, 0.5) is 0 Å². The van der Waals surface area contributed by atoms with E-state index in [1.165, 1.54) is 5.56 Å². The van der Waals surface area contributed by atoms with Gasteiger partial charge in [-0.1, -0.05) is 17.3 Å². The van der Waals surface area contributed by atoms with E-state index >= 15 is 0 Å². The van der Waals surface area contributed by atoms with Gasteiger partial charge in [-0.2, -0.15) is 0 Å². The first-order chi connectivity index (χ1) is 9.31. The number of rotatable bonds is 7. The fraction of sp³-hybridized carbons (Fsp3) is 0.385. The molecule has 0 bridgehead atoms. The third kappa shape index (κ3) is 4.04. The Labute approximate surface area is 112 Å². The monoisotopic (exact) mass is 262 g/mol. The molecule has 0 atom stereocenters. The van der Waals surface area contributed by atoms with Crippen LogP contribution >= 0.6 is 0 Å². The Morgan fingerprint density at radius 2 is 2.05 bits per heavy atom. The molecule has 1 heterocycles. The summed E-state index contributed by atoms with van der Waals surface area (Å²) in [5, 5.41) is 20.0. The van der Waals surface area contributed by atoms with Crippen LogP contribution < -0.4 is 10.1 Å². The second-order valence-electron chi connectivity index (χ2n) is 4.15. The molecule has 19 heavy (non-hydrogen) atoms. The average molecular weight is 262 g/mol. The van der Waals surface area contributed by atoms with Crippen LogP contribution in [-0.4, -0.2) is 33.8 Å². The molecule has 1 aromatic heterocycles. The summed E-state index contributed by atoms with van der Waals surface area (Å²) in [5.74, 6) is 0.857. The summed E-state index contributed by atoms with van der Waals surface area (Å²) in [5.41, 5.74) is 2.05. The van der Waals surface area contributed by atoms with Crippen molar-refractivity contribution in [1.29, 1.82) is 0 Å². The summed E-state index contributed by atoms with van der Waals surface area (Å²) in [4.78, 5) is 0. The van der Waals surface area contributed by atoms with Gasteiger partial charge in [0.15, 0.2) is 0 Å². The van der Waals surface area contributed by atoms with Crippen molar-refractivity contribution in [2.75, 3.05) is 13.7 Å². The Bertz CT molecular complexity index is 496. The molecule has 0 saturated heterocycles. The van der Waals surface area contributed by atoms with Crippen molar-refractivity contribution in [3.05, 3.63) is 41.7 Å². The fourth-order valence-corrected chi connectivity index (χ4v) is 1.71. The minimum atomic E-state index is 0.0715. The minimum absolute atomic E-state index is 0.0715. The molecule has 6 nitrogen and oxygen atoms in total. The van der Waals surface area contributed by atoms with E-state index in [0.717, 1.165) is 18.0 Å². The normalized spacial score (nSPS) is 10.6. The highest BCUT2D eigenvalue weighted by Crippen LogP contribution is 2.10. The highest BCUT2D eigenvalue weighted by Gasteiger charge is 2.00. The number of hydrogen-bond donors (Lipinski definition) is 2. The highest BCUT2D eigenvalue weighted by molar-refractivity contribution is 5.27. The molecule has 2 N–H and O–H groups in total. The predicted molar refractivity (Wildman–Crippen MR) is 70.6 cm³/mol. The third-order valence-electron chi connectivity index (χ3n) is 2.71. The van der Waals surface area contributed by atoms with Gasteiger partial charge in [0.05, 0.1) is 26.0 Å². The van der Waals surface area contributed by atoms with E-state index < -0.39 is 0 Å². The van der Waals surface area contributed by atoms with Gasteiger partial charge < -0.3 is 15.2 Å². The third-order valence-corrected chi connectivity index (χ3v) is 2.71. The first-order valence-electron chi connectivity index (χ1n) is 6.15. The number of aliphatic hydroxyl groups is 1. The zero-order chi connectivity index (χ0) is 13.5. The molecule has 2 aromatic rings. The first-order valence-corrected chi connectivity index (χ1v) is 6.15. The van der Waals surface area contributed by atoms with Gasteiger partial charge in [-0.3, -0.25) is 0 Å². The van der Waals surface area contributed by atoms with Gasteiger partial charge >= 0.3 is 0 Å². The maximum absolute atomic E-state index is 8.78. The van der Waals surface area contributed by atoms with E-state index in [0.29, 0.717) is 13.1 Å². The lowest BCUT2D eigenvalue weighted by atomic mass is 10.2. The lowest BCUT2D eigenvalue weighted by Crippen LogP contribution is -2.12. The molecule has 1 aromatic carbocycles. The van der Waals surface area contributed by atoms with Crippen LogP contribution in [0.1, 0.15) is 11.3 Å². The number of ether oxygens (including phenoxy) is 1. The number of nitrogens with one attached hydrogen (secondary N) is 1. The fourth-order valence-electron chi connectivity index (χ4n) is 1.71. The Kier molecular flexibility index (Phi) is 4.88. The first kappa shape index (κ1) is 13.5. The molecule has 0 aliphatic carbocycles. The molecule has 0 amide bonds. The molecule has 6 heteroatoms. The van der Waals surface area contributed by atoms with Crippen molar-refractivity contribution in [3.63, 3.8) is 0 Å². The van der Waals surface area contributed by atoms with Gasteiger partial charge in [-0.05, 0) is 17.7 Å². The van der Waals surface area contributed by atoms with Gasteiger partial charge in [0, 0.05) is 19.3 Å². The van der Waals surface area contributed by atoms with Gasteiger partial charge in [0.1, 0.15) is 5.75 Å². The van der Waals surface area contributed by atoms with Gasteiger partial charge in [0.25, 0.3) is 0 Å². The molecular weight excluding hydrogens is 244 g/mol. The smallest absolute Gasteiger partial charge is 0.118 e.